The number of rotatable bonds is 2. The number of methoxy groups -OCH3 is 1. The summed E-state index contributed by atoms with van der Waals surface area (Å²) in [5.41, 5.74) is 2.13. The summed E-state index contributed by atoms with van der Waals surface area (Å²) in [6, 6.07) is 5.93. The summed E-state index contributed by atoms with van der Waals surface area (Å²) in [5, 5.41) is 1.12. The third kappa shape index (κ3) is 1.67. The number of hydrogen-bond acceptors (Lipinski definition) is 3. The topological polar surface area (TPSA) is 35.0 Å². The largest absolute Gasteiger partial charge is 0.497 e. The Kier molecular flexibility index (Phi) is 2.32. The van der Waals surface area contributed by atoms with E-state index in [0.717, 1.165) is 22.3 Å². The molecule has 4 heteroatoms. The van der Waals surface area contributed by atoms with Gasteiger partial charge in [-0.05, 0) is 47.0 Å². The number of hydrogen-bond donors (Lipinski definition) is 0. The van der Waals surface area contributed by atoms with Crippen molar-refractivity contribution in [2.45, 2.75) is 18.8 Å². The first-order valence-corrected chi connectivity index (χ1v) is 6.08. The zero-order valence-corrected chi connectivity index (χ0v) is 10.5. The van der Waals surface area contributed by atoms with Gasteiger partial charge < -0.3 is 4.74 Å². The summed E-state index contributed by atoms with van der Waals surface area (Å²) in [6.45, 7) is 0. The number of halogens is 1. The molecule has 0 unspecified atom stereocenters. The molecule has 3 nitrogen and oxygen atoms in total. The molecule has 0 atom stereocenters. The lowest BCUT2D eigenvalue weighted by atomic mass is 10.1. The van der Waals surface area contributed by atoms with Gasteiger partial charge in [-0.15, -0.1) is 0 Å². The molecule has 1 fully saturated rings. The SMILES string of the molecule is COc1ccc2nc(Br)nc(C3CC3)c2c1. The summed E-state index contributed by atoms with van der Waals surface area (Å²) < 4.78 is 5.91. The predicted octanol–water partition coefficient (Wildman–Crippen LogP) is 3.28. The fourth-order valence-corrected chi connectivity index (χ4v) is 2.28. The molecule has 2 aromatic rings. The van der Waals surface area contributed by atoms with E-state index in [4.69, 9.17) is 4.74 Å². The molecule has 3 rings (SSSR count). The van der Waals surface area contributed by atoms with E-state index >= 15 is 0 Å². The summed E-state index contributed by atoms with van der Waals surface area (Å²) in [6.07, 6.45) is 2.46. The first-order valence-electron chi connectivity index (χ1n) is 5.29. The Hall–Kier alpha value is -1.16. The van der Waals surface area contributed by atoms with E-state index in [1.54, 1.807) is 7.11 Å². The van der Waals surface area contributed by atoms with Gasteiger partial charge >= 0.3 is 0 Å². The molecule has 16 heavy (non-hydrogen) atoms. The maximum atomic E-state index is 5.24. The van der Waals surface area contributed by atoms with Gasteiger partial charge in [0.05, 0.1) is 18.3 Å². The van der Waals surface area contributed by atoms with Crippen LogP contribution < -0.4 is 4.74 Å². The molecule has 1 aliphatic rings. The van der Waals surface area contributed by atoms with E-state index < -0.39 is 0 Å². The second-order valence-electron chi connectivity index (χ2n) is 4.04. The molecule has 1 aliphatic carbocycles. The molecule has 0 saturated heterocycles. The van der Waals surface area contributed by atoms with E-state index in [-0.39, 0.29) is 0 Å². The monoisotopic (exact) mass is 278 g/mol. The van der Waals surface area contributed by atoms with Gasteiger partial charge in [0.25, 0.3) is 0 Å². The fraction of sp³-hybridized carbons (Fsp3) is 0.333. The number of nitrogens with zero attached hydrogens (tertiary/aromatic N) is 2. The minimum Gasteiger partial charge on any atom is -0.497 e. The molecule has 0 spiro atoms. The summed E-state index contributed by atoms with van der Waals surface area (Å²) in [5.74, 6) is 1.47. The van der Waals surface area contributed by atoms with E-state index in [1.165, 1.54) is 12.8 Å². The fourth-order valence-electron chi connectivity index (χ4n) is 1.90. The summed E-state index contributed by atoms with van der Waals surface area (Å²) in [7, 11) is 1.68. The standard InChI is InChI=1S/C12H11BrN2O/c1-16-8-4-5-10-9(6-8)11(7-2-3-7)15-12(13)14-10/h4-7H,2-3H2,1H3. The number of aromatic nitrogens is 2. The lowest BCUT2D eigenvalue weighted by Gasteiger charge is -2.06. The van der Waals surface area contributed by atoms with Gasteiger partial charge in [0.1, 0.15) is 5.75 Å². The van der Waals surface area contributed by atoms with Crippen molar-refractivity contribution in [3.63, 3.8) is 0 Å². The highest BCUT2D eigenvalue weighted by Crippen LogP contribution is 2.42. The van der Waals surface area contributed by atoms with Gasteiger partial charge in [-0.25, -0.2) is 9.97 Å². The molecule has 1 aromatic heterocycles. The van der Waals surface area contributed by atoms with Crippen LogP contribution in [0, 0.1) is 0 Å². The average Bonchev–Trinajstić information content (AvgIpc) is 3.11. The number of benzene rings is 1. The van der Waals surface area contributed by atoms with Crippen molar-refractivity contribution in [3.8, 4) is 5.75 Å². The van der Waals surface area contributed by atoms with Crippen LogP contribution in [-0.2, 0) is 0 Å². The third-order valence-electron chi connectivity index (χ3n) is 2.87. The molecule has 0 N–H and O–H groups in total. The van der Waals surface area contributed by atoms with Crippen LogP contribution in [0.2, 0.25) is 0 Å². The van der Waals surface area contributed by atoms with Crippen molar-refractivity contribution in [1.29, 1.82) is 0 Å². The van der Waals surface area contributed by atoms with Crippen LogP contribution in [0.5, 0.6) is 5.75 Å². The Bertz CT molecular complexity index is 552. The smallest absolute Gasteiger partial charge is 0.197 e. The molecule has 0 aliphatic heterocycles. The van der Waals surface area contributed by atoms with E-state index in [9.17, 15) is 0 Å². The Morgan fingerprint density at radius 2 is 2.12 bits per heavy atom. The van der Waals surface area contributed by atoms with Crippen LogP contribution >= 0.6 is 15.9 Å². The van der Waals surface area contributed by atoms with Crippen molar-refractivity contribution in [2.75, 3.05) is 7.11 Å². The number of fused-ring (bicyclic) bond motifs is 1. The van der Waals surface area contributed by atoms with Crippen molar-refractivity contribution in [1.82, 2.24) is 9.97 Å². The van der Waals surface area contributed by atoms with Crippen LogP contribution in [0.25, 0.3) is 10.9 Å². The van der Waals surface area contributed by atoms with Crippen molar-refractivity contribution in [2.24, 2.45) is 0 Å². The zero-order valence-electron chi connectivity index (χ0n) is 8.90. The minimum absolute atomic E-state index is 0.605. The minimum atomic E-state index is 0.605. The van der Waals surface area contributed by atoms with Gasteiger partial charge in [0.2, 0.25) is 0 Å². The highest BCUT2D eigenvalue weighted by Gasteiger charge is 2.27. The predicted molar refractivity (Wildman–Crippen MR) is 65.8 cm³/mol. The van der Waals surface area contributed by atoms with Crippen LogP contribution in [0.1, 0.15) is 24.5 Å². The van der Waals surface area contributed by atoms with Crippen molar-refractivity contribution < 1.29 is 4.74 Å². The molecule has 1 saturated carbocycles. The lowest BCUT2D eigenvalue weighted by molar-refractivity contribution is 0.415. The number of ether oxygens (including phenoxy) is 1. The Balaban J connectivity index is 2.27. The Labute approximate surface area is 102 Å². The van der Waals surface area contributed by atoms with Crippen molar-refractivity contribution >= 4 is 26.8 Å². The Morgan fingerprint density at radius 1 is 1.31 bits per heavy atom. The highest BCUT2D eigenvalue weighted by atomic mass is 79.9. The van der Waals surface area contributed by atoms with Crippen LogP contribution in [0.3, 0.4) is 0 Å². The summed E-state index contributed by atoms with van der Waals surface area (Å²) >= 11 is 3.36. The van der Waals surface area contributed by atoms with Gasteiger partial charge in [-0.1, -0.05) is 0 Å². The molecule has 82 valence electrons. The van der Waals surface area contributed by atoms with E-state index in [0.29, 0.717) is 10.7 Å². The molecule has 0 radical (unpaired) electrons. The van der Waals surface area contributed by atoms with Gasteiger partial charge in [0.15, 0.2) is 4.73 Å². The zero-order chi connectivity index (χ0) is 11.1. The van der Waals surface area contributed by atoms with Gasteiger partial charge in [-0.2, -0.15) is 0 Å². The van der Waals surface area contributed by atoms with Crippen LogP contribution in [0.15, 0.2) is 22.9 Å². The molecular formula is C12H11BrN2O. The lowest BCUT2D eigenvalue weighted by Crippen LogP contribution is -1.94. The molecule has 1 heterocycles. The molecular weight excluding hydrogens is 268 g/mol. The quantitative estimate of drug-likeness (QED) is 0.791. The van der Waals surface area contributed by atoms with Gasteiger partial charge in [-0.3, -0.25) is 0 Å². The second-order valence-corrected chi connectivity index (χ2v) is 4.74. The average molecular weight is 279 g/mol. The maximum absolute atomic E-state index is 5.24. The highest BCUT2D eigenvalue weighted by molar-refractivity contribution is 9.10. The molecule has 0 bridgehead atoms. The molecule has 0 amide bonds. The normalized spacial score (nSPS) is 15.4. The van der Waals surface area contributed by atoms with Crippen LogP contribution in [-0.4, -0.2) is 17.1 Å². The third-order valence-corrected chi connectivity index (χ3v) is 3.22. The summed E-state index contributed by atoms with van der Waals surface area (Å²) in [4.78, 5) is 8.86. The maximum Gasteiger partial charge on any atom is 0.197 e. The van der Waals surface area contributed by atoms with E-state index in [1.807, 2.05) is 18.2 Å². The first-order chi connectivity index (χ1) is 7.78. The molecule has 1 aromatic carbocycles. The second kappa shape index (κ2) is 3.70. The Morgan fingerprint density at radius 3 is 2.81 bits per heavy atom. The van der Waals surface area contributed by atoms with Crippen LogP contribution in [0.4, 0.5) is 0 Å². The first kappa shape index (κ1) is 10.0. The van der Waals surface area contributed by atoms with E-state index in [2.05, 4.69) is 25.9 Å². The van der Waals surface area contributed by atoms with Crippen molar-refractivity contribution in [3.05, 3.63) is 28.6 Å². The van der Waals surface area contributed by atoms with Gasteiger partial charge in [0, 0.05) is 11.3 Å².